The molecule has 2 rings (SSSR count). The second kappa shape index (κ2) is 7.88. The van der Waals surface area contributed by atoms with Crippen molar-refractivity contribution in [2.45, 2.75) is 32.7 Å². The lowest BCUT2D eigenvalue weighted by Gasteiger charge is -2.16. The molecule has 0 bridgehead atoms. The number of anilines is 1. The monoisotopic (exact) mass is 314 g/mol. The van der Waals surface area contributed by atoms with Crippen molar-refractivity contribution in [3.8, 4) is 0 Å². The summed E-state index contributed by atoms with van der Waals surface area (Å²) in [5.41, 5.74) is 2.48. The minimum Gasteiger partial charge on any atom is -0.325 e. The van der Waals surface area contributed by atoms with E-state index in [-0.39, 0.29) is 24.3 Å². The van der Waals surface area contributed by atoms with E-state index in [0.29, 0.717) is 11.5 Å². The van der Waals surface area contributed by atoms with E-state index in [1.165, 1.54) is 6.07 Å². The van der Waals surface area contributed by atoms with E-state index < -0.39 is 0 Å². The van der Waals surface area contributed by atoms with E-state index in [0.717, 1.165) is 11.3 Å². The number of halogens is 1. The zero-order valence-corrected chi connectivity index (χ0v) is 13.8. The summed E-state index contributed by atoms with van der Waals surface area (Å²) in [6, 6.07) is 14.1. The molecule has 2 N–H and O–H groups in total. The normalized spacial score (nSPS) is 12.2. The molecule has 4 heteroatoms. The first-order valence-corrected chi connectivity index (χ1v) is 7.85. The van der Waals surface area contributed by atoms with Crippen molar-refractivity contribution >= 4 is 11.6 Å². The van der Waals surface area contributed by atoms with Crippen molar-refractivity contribution in [2.24, 2.45) is 0 Å². The number of hydrogen-bond donors (Lipinski definition) is 2. The number of rotatable bonds is 6. The maximum absolute atomic E-state index is 13.7. The summed E-state index contributed by atoms with van der Waals surface area (Å²) in [6.07, 6.45) is 0. The SMILES string of the molecule is CC(C)c1ccccc1NC(=O)CNC(C)c1ccccc1F. The summed E-state index contributed by atoms with van der Waals surface area (Å²) in [5.74, 6) is -0.0730. The van der Waals surface area contributed by atoms with E-state index in [2.05, 4.69) is 24.5 Å². The highest BCUT2D eigenvalue weighted by Crippen LogP contribution is 2.23. The van der Waals surface area contributed by atoms with E-state index in [9.17, 15) is 9.18 Å². The Kier molecular flexibility index (Phi) is 5.88. The van der Waals surface area contributed by atoms with Gasteiger partial charge in [-0.1, -0.05) is 50.2 Å². The van der Waals surface area contributed by atoms with Crippen LogP contribution in [-0.2, 0) is 4.79 Å². The number of nitrogens with one attached hydrogen (secondary N) is 2. The summed E-state index contributed by atoms with van der Waals surface area (Å²) in [7, 11) is 0. The van der Waals surface area contributed by atoms with Gasteiger partial charge in [-0.15, -0.1) is 0 Å². The maximum atomic E-state index is 13.7. The molecule has 1 amide bonds. The van der Waals surface area contributed by atoms with Gasteiger partial charge in [-0.3, -0.25) is 4.79 Å². The van der Waals surface area contributed by atoms with Crippen molar-refractivity contribution < 1.29 is 9.18 Å². The third-order valence-electron chi connectivity index (χ3n) is 3.80. The molecule has 1 atom stereocenters. The van der Waals surface area contributed by atoms with Crippen LogP contribution in [0.4, 0.5) is 10.1 Å². The van der Waals surface area contributed by atoms with Gasteiger partial charge < -0.3 is 10.6 Å². The zero-order chi connectivity index (χ0) is 16.8. The Morgan fingerprint density at radius 3 is 2.26 bits per heavy atom. The van der Waals surface area contributed by atoms with Crippen LogP contribution in [0.15, 0.2) is 48.5 Å². The lowest BCUT2D eigenvalue weighted by Crippen LogP contribution is -2.30. The average Bonchev–Trinajstić information content (AvgIpc) is 2.53. The number of amides is 1. The van der Waals surface area contributed by atoms with Crippen LogP contribution < -0.4 is 10.6 Å². The first kappa shape index (κ1) is 17.2. The van der Waals surface area contributed by atoms with Gasteiger partial charge in [0.2, 0.25) is 5.91 Å². The predicted molar refractivity (Wildman–Crippen MR) is 92.0 cm³/mol. The lowest BCUT2D eigenvalue weighted by atomic mass is 10.0. The van der Waals surface area contributed by atoms with Gasteiger partial charge in [-0.05, 0) is 30.5 Å². The van der Waals surface area contributed by atoms with Crippen LogP contribution in [0.5, 0.6) is 0 Å². The van der Waals surface area contributed by atoms with Crippen molar-refractivity contribution in [3.63, 3.8) is 0 Å². The molecule has 0 saturated carbocycles. The Morgan fingerprint density at radius 2 is 1.61 bits per heavy atom. The topological polar surface area (TPSA) is 41.1 Å². The van der Waals surface area contributed by atoms with Crippen LogP contribution in [0.1, 0.15) is 43.9 Å². The van der Waals surface area contributed by atoms with E-state index >= 15 is 0 Å². The fraction of sp³-hybridized carbons (Fsp3) is 0.316. The standard InChI is InChI=1S/C19H23FN2O/c1-13(2)15-8-5-7-11-18(15)22-19(23)12-21-14(3)16-9-4-6-10-17(16)20/h4-11,13-14,21H,12H2,1-3H3,(H,22,23). The Balaban J connectivity index is 1.95. The third-order valence-corrected chi connectivity index (χ3v) is 3.80. The summed E-state index contributed by atoms with van der Waals surface area (Å²) < 4.78 is 13.7. The fourth-order valence-corrected chi connectivity index (χ4v) is 2.49. The van der Waals surface area contributed by atoms with Crippen LogP contribution in [-0.4, -0.2) is 12.5 Å². The summed E-state index contributed by atoms with van der Waals surface area (Å²) >= 11 is 0. The van der Waals surface area contributed by atoms with Crippen molar-refractivity contribution in [3.05, 3.63) is 65.5 Å². The van der Waals surface area contributed by atoms with Crippen molar-refractivity contribution in [1.29, 1.82) is 0 Å². The molecule has 1 unspecified atom stereocenters. The highest BCUT2D eigenvalue weighted by Gasteiger charge is 2.13. The van der Waals surface area contributed by atoms with Crippen molar-refractivity contribution in [2.75, 3.05) is 11.9 Å². The molecule has 0 aromatic heterocycles. The van der Waals surface area contributed by atoms with Crippen LogP contribution >= 0.6 is 0 Å². The average molecular weight is 314 g/mol. The maximum Gasteiger partial charge on any atom is 0.238 e. The number of hydrogen-bond acceptors (Lipinski definition) is 2. The molecule has 122 valence electrons. The summed E-state index contributed by atoms with van der Waals surface area (Å²) in [4.78, 5) is 12.1. The fourth-order valence-electron chi connectivity index (χ4n) is 2.49. The van der Waals surface area contributed by atoms with E-state index in [1.807, 2.05) is 31.2 Å². The first-order valence-electron chi connectivity index (χ1n) is 7.85. The summed E-state index contributed by atoms with van der Waals surface area (Å²) in [6.45, 7) is 6.14. The van der Waals surface area contributed by atoms with Crippen LogP contribution in [0, 0.1) is 5.82 Å². The third kappa shape index (κ3) is 4.63. The molecule has 2 aromatic carbocycles. The van der Waals surface area contributed by atoms with Crippen LogP contribution in [0.2, 0.25) is 0 Å². The van der Waals surface area contributed by atoms with Gasteiger partial charge in [0.05, 0.1) is 6.54 Å². The second-order valence-electron chi connectivity index (χ2n) is 5.91. The van der Waals surface area contributed by atoms with Gasteiger partial charge in [0, 0.05) is 17.3 Å². The molecular formula is C19H23FN2O. The number of para-hydroxylation sites is 1. The summed E-state index contributed by atoms with van der Waals surface area (Å²) in [5, 5.41) is 5.97. The Bertz CT molecular complexity index is 670. The number of carbonyl (C=O) groups is 1. The first-order chi connectivity index (χ1) is 11.0. The van der Waals surface area contributed by atoms with Gasteiger partial charge in [0.15, 0.2) is 0 Å². The highest BCUT2D eigenvalue weighted by atomic mass is 19.1. The Labute approximate surface area is 136 Å². The largest absolute Gasteiger partial charge is 0.325 e. The van der Waals surface area contributed by atoms with Gasteiger partial charge in [-0.25, -0.2) is 4.39 Å². The smallest absolute Gasteiger partial charge is 0.238 e. The van der Waals surface area contributed by atoms with Crippen LogP contribution in [0.3, 0.4) is 0 Å². The molecule has 23 heavy (non-hydrogen) atoms. The van der Waals surface area contributed by atoms with Gasteiger partial charge in [0.25, 0.3) is 0 Å². The molecule has 0 aliphatic rings. The molecule has 0 fully saturated rings. The zero-order valence-electron chi connectivity index (χ0n) is 13.8. The molecule has 2 aromatic rings. The molecule has 0 spiro atoms. The minimum atomic E-state index is -0.266. The molecule has 0 aliphatic carbocycles. The van der Waals surface area contributed by atoms with Gasteiger partial charge in [0.1, 0.15) is 5.82 Å². The molecule has 3 nitrogen and oxygen atoms in total. The molecule has 0 aliphatic heterocycles. The predicted octanol–water partition coefficient (Wildman–Crippen LogP) is 4.24. The Hall–Kier alpha value is -2.20. The van der Waals surface area contributed by atoms with Gasteiger partial charge in [-0.2, -0.15) is 0 Å². The minimum absolute atomic E-state index is 0.127. The van der Waals surface area contributed by atoms with E-state index in [1.54, 1.807) is 18.2 Å². The molecule has 0 heterocycles. The number of carbonyl (C=O) groups excluding carboxylic acids is 1. The second-order valence-corrected chi connectivity index (χ2v) is 5.91. The molecule has 0 saturated heterocycles. The van der Waals surface area contributed by atoms with Crippen LogP contribution in [0.25, 0.3) is 0 Å². The van der Waals surface area contributed by atoms with Crippen molar-refractivity contribution in [1.82, 2.24) is 5.32 Å². The molecule has 0 radical (unpaired) electrons. The number of benzene rings is 2. The van der Waals surface area contributed by atoms with E-state index in [4.69, 9.17) is 0 Å². The quantitative estimate of drug-likeness (QED) is 0.837. The molecular weight excluding hydrogens is 291 g/mol. The van der Waals surface area contributed by atoms with Gasteiger partial charge >= 0.3 is 0 Å². The Morgan fingerprint density at radius 1 is 1.00 bits per heavy atom. The highest BCUT2D eigenvalue weighted by molar-refractivity contribution is 5.93. The lowest BCUT2D eigenvalue weighted by molar-refractivity contribution is -0.115.